The molecule has 1 aliphatic rings. The predicted octanol–water partition coefficient (Wildman–Crippen LogP) is 15.9. The van der Waals surface area contributed by atoms with Crippen LogP contribution in [0, 0.1) is 5.82 Å². The fourth-order valence-corrected chi connectivity index (χ4v) is 11.1. The van der Waals surface area contributed by atoms with Gasteiger partial charge < -0.3 is 14.0 Å². The predicted molar refractivity (Wildman–Crippen MR) is 267 cm³/mol. The highest BCUT2D eigenvalue weighted by atomic mass is 19.1. The number of hydrogen-bond acceptors (Lipinski definition) is 1. The van der Waals surface area contributed by atoms with Gasteiger partial charge in [-0.2, -0.15) is 0 Å². The maximum atomic E-state index is 15.4. The van der Waals surface area contributed by atoms with E-state index in [-0.39, 0.29) is 5.82 Å². The molecule has 0 bridgehead atoms. The van der Waals surface area contributed by atoms with E-state index >= 15 is 4.39 Å². The molecule has 12 aromatic rings. The molecule has 306 valence electrons. The number of fused-ring (bicyclic) bond motifs is 9. The molecule has 1 aliphatic carbocycles. The van der Waals surface area contributed by atoms with Crippen LogP contribution in [0.3, 0.4) is 0 Å². The Morgan fingerprint density at radius 1 is 0.354 bits per heavy atom. The normalized spacial score (nSPS) is 12.8. The molecule has 0 atom stereocenters. The van der Waals surface area contributed by atoms with Crippen LogP contribution in [0.25, 0.3) is 66.1 Å². The number of aromatic nitrogens is 2. The third kappa shape index (κ3) is 5.41. The molecule has 0 unspecified atom stereocenters. The second-order valence-corrected chi connectivity index (χ2v) is 17.0. The van der Waals surface area contributed by atoms with Crippen molar-refractivity contribution < 1.29 is 4.39 Å². The Morgan fingerprint density at radius 2 is 0.846 bits per heavy atom. The Hall–Kier alpha value is -8.47. The van der Waals surface area contributed by atoms with E-state index in [0.29, 0.717) is 0 Å². The first-order valence-corrected chi connectivity index (χ1v) is 22.2. The minimum absolute atomic E-state index is 0.264. The highest BCUT2D eigenvalue weighted by molar-refractivity contribution is 6.18. The van der Waals surface area contributed by atoms with Gasteiger partial charge in [0.15, 0.2) is 0 Å². The molecule has 2 heterocycles. The van der Waals surface area contributed by atoms with Gasteiger partial charge in [-0.25, -0.2) is 4.39 Å². The number of hydrogen-bond donors (Lipinski definition) is 0. The van der Waals surface area contributed by atoms with E-state index in [2.05, 4.69) is 232 Å². The van der Waals surface area contributed by atoms with E-state index in [4.69, 9.17) is 0 Å². The maximum Gasteiger partial charge on any atom is 0.123 e. The van der Waals surface area contributed by atoms with Crippen molar-refractivity contribution in [1.29, 1.82) is 0 Å². The van der Waals surface area contributed by atoms with Crippen LogP contribution in [-0.2, 0) is 5.41 Å². The fourth-order valence-electron chi connectivity index (χ4n) is 11.1. The van der Waals surface area contributed by atoms with Gasteiger partial charge in [-0.15, -0.1) is 0 Å². The van der Waals surface area contributed by atoms with E-state index in [9.17, 15) is 0 Å². The van der Waals surface area contributed by atoms with Gasteiger partial charge in [0.05, 0.1) is 38.9 Å². The second kappa shape index (κ2) is 14.5. The highest BCUT2D eigenvalue weighted by Crippen LogP contribution is 2.58. The molecule has 13 rings (SSSR count). The van der Waals surface area contributed by atoms with Crippen molar-refractivity contribution in [2.24, 2.45) is 0 Å². The summed E-state index contributed by atoms with van der Waals surface area (Å²) in [5, 5.41) is 4.16. The van der Waals surface area contributed by atoms with Crippen LogP contribution in [0.2, 0.25) is 0 Å². The third-order valence-corrected chi connectivity index (χ3v) is 13.6. The maximum absolute atomic E-state index is 15.4. The number of rotatable bonds is 7. The summed E-state index contributed by atoms with van der Waals surface area (Å²) in [7, 11) is 0. The molecule has 3 nitrogen and oxygen atoms in total. The Labute approximate surface area is 376 Å². The minimum Gasteiger partial charge on any atom is -0.307 e. The van der Waals surface area contributed by atoms with Crippen molar-refractivity contribution in [2.75, 3.05) is 4.90 Å². The van der Waals surface area contributed by atoms with Gasteiger partial charge in [0.2, 0.25) is 0 Å². The molecule has 0 saturated carbocycles. The number of halogens is 1. The van der Waals surface area contributed by atoms with Crippen LogP contribution in [0.15, 0.2) is 243 Å². The summed E-state index contributed by atoms with van der Waals surface area (Å²) in [6, 6.07) is 86.1. The topological polar surface area (TPSA) is 13.1 Å². The smallest absolute Gasteiger partial charge is 0.123 e. The largest absolute Gasteiger partial charge is 0.307 e. The summed E-state index contributed by atoms with van der Waals surface area (Å²) in [6.45, 7) is 0. The molecular weight excluding hydrogens is 794 g/mol. The lowest BCUT2D eigenvalue weighted by molar-refractivity contribution is 0.629. The first kappa shape index (κ1) is 37.1. The van der Waals surface area contributed by atoms with E-state index in [1.165, 1.54) is 38.8 Å². The Bertz CT molecular complexity index is 3740. The second-order valence-electron chi connectivity index (χ2n) is 17.0. The first-order valence-electron chi connectivity index (χ1n) is 22.2. The van der Waals surface area contributed by atoms with E-state index in [0.717, 1.165) is 66.7 Å². The van der Waals surface area contributed by atoms with Crippen LogP contribution in [0.1, 0.15) is 22.3 Å². The van der Waals surface area contributed by atoms with E-state index in [1.54, 1.807) is 12.1 Å². The number of benzene rings is 10. The molecule has 0 spiro atoms. The van der Waals surface area contributed by atoms with Crippen molar-refractivity contribution in [2.45, 2.75) is 5.41 Å². The fraction of sp³-hybridized carbons (Fsp3) is 0.0164. The zero-order valence-corrected chi connectivity index (χ0v) is 35.3. The minimum atomic E-state index is -0.608. The average molecular weight is 834 g/mol. The highest BCUT2D eigenvalue weighted by Gasteiger charge is 2.46. The van der Waals surface area contributed by atoms with Gasteiger partial charge in [-0.05, 0) is 106 Å². The van der Waals surface area contributed by atoms with Crippen molar-refractivity contribution in [1.82, 2.24) is 9.13 Å². The lowest BCUT2D eigenvalue weighted by atomic mass is 9.67. The lowest BCUT2D eigenvalue weighted by Gasteiger charge is -2.35. The van der Waals surface area contributed by atoms with Crippen LogP contribution in [-0.4, -0.2) is 9.13 Å². The number of nitrogens with zero attached hydrogens (tertiary/aromatic N) is 3. The Morgan fingerprint density at radius 3 is 1.48 bits per heavy atom. The van der Waals surface area contributed by atoms with Gasteiger partial charge in [0.25, 0.3) is 0 Å². The van der Waals surface area contributed by atoms with Gasteiger partial charge in [-0.3, -0.25) is 0 Å². The zero-order chi connectivity index (χ0) is 43.1. The Kier molecular flexibility index (Phi) is 8.31. The van der Waals surface area contributed by atoms with Crippen LogP contribution < -0.4 is 4.90 Å². The number of para-hydroxylation sites is 5. The third-order valence-electron chi connectivity index (χ3n) is 13.6. The first-order chi connectivity index (χ1) is 32.2. The van der Waals surface area contributed by atoms with E-state index in [1.807, 2.05) is 12.1 Å². The van der Waals surface area contributed by atoms with Crippen LogP contribution in [0.5, 0.6) is 0 Å². The molecule has 0 N–H and O–H groups in total. The average Bonchev–Trinajstić information content (AvgIpc) is 4.00. The monoisotopic (exact) mass is 833 g/mol. The molecule has 65 heavy (non-hydrogen) atoms. The van der Waals surface area contributed by atoms with Crippen molar-refractivity contribution in [3.05, 3.63) is 271 Å². The standard InChI is InChI=1S/C61H40FN3/c62-43-35-38-56-52(39-43)51-30-18-34-58(60(51)65(56)45-25-11-4-12-26-45)63(57-33-17-29-50-49-28-14-16-32-55(49)64(59(50)57)44-23-9-3-10-24-44)46-36-37-48-47-27-13-15-31-53(47)61(54(48)40-46,41-19-5-1-6-20-41)42-21-7-2-8-22-42/h1-40H. The zero-order valence-electron chi connectivity index (χ0n) is 35.3. The van der Waals surface area contributed by atoms with Crippen molar-refractivity contribution in [3.8, 4) is 22.5 Å². The molecule has 10 aromatic carbocycles. The molecule has 0 amide bonds. The molecular formula is C61H40FN3. The summed E-state index contributed by atoms with van der Waals surface area (Å²) in [6.07, 6.45) is 0. The number of anilines is 3. The summed E-state index contributed by atoms with van der Waals surface area (Å²) < 4.78 is 20.1. The van der Waals surface area contributed by atoms with Gasteiger partial charge >= 0.3 is 0 Å². The van der Waals surface area contributed by atoms with Gasteiger partial charge in [0.1, 0.15) is 5.82 Å². The Balaban J connectivity index is 1.20. The summed E-state index contributed by atoms with van der Waals surface area (Å²) in [5.41, 5.74) is 15.9. The summed E-state index contributed by atoms with van der Waals surface area (Å²) in [4.78, 5) is 2.46. The van der Waals surface area contributed by atoms with Gasteiger partial charge in [0, 0.05) is 38.6 Å². The SMILES string of the molecule is Fc1ccc2c(c1)c1cccc(N(c3ccc4c(c3)C(c3ccccc3)(c3ccccc3)c3ccccc3-4)c3cccc4c5ccccc5n(-c5ccccc5)c34)c1n2-c1ccccc1. The van der Waals surface area contributed by atoms with Crippen molar-refractivity contribution in [3.63, 3.8) is 0 Å². The van der Waals surface area contributed by atoms with Crippen LogP contribution in [0.4, 0.5) is 21.5 Å². The van der Waals surface area contributed by atoms with E-state index < -0.39 is 5.41 Å². The lowest BCUT2D eigenvalue weighted by Crippen LogP contribution is -2.28. The van der Waals surface area contributed by atoms with Gasteiger partial charge in [-0.1, -0.05) is 170 Å². The van der Waals surface area contributed by atoms with Crippen LogP contribution >= 0.6 is 0 Å². The molecule has 4 heteroatoms. The molecule has 0 saturated heterocycles. The summed E-state index contributed by atoms with van der Waals surface area (Å²) in [5.74, 6) is -0.264. The quantitative estimate of drug-likeness (QED) is 0.156. The molecule has 2 aromatic heterocycles. The molecule has 0 aliphatic heterocycles. The summed E-state index contributed by atoms with van der Waals surface area (Å²) >= 11 is 0. The molecule has 0 fully saturated rings. The van der Waals surface area contributed by atoms with Crippen molar-refractivity contribution >= 4 is 60.7 Å². The molecule has 0 radical (unpaired) electrons.